The number of anilines is 1. The molecule has 0 radical (unpaired) electrons. The Hall–Kier alpha value is -2.15. The number of benzene rings is 1. The minimum absolute atomic E-state index is 0.101. The minimum Gasteiger partial charge on any atom is -0.477 e. The quantitative estimate of drug-likeness (QED) is 0.602. The zero-order chi connectivity index (χ0) is 13.9. The van der Waals surface area contributed by atoms with E-state index in [-0.39, 0.29) is 18.2 Å². The van der Waals surface area contributed by atoms with Crippen molar-refractivity contribution >= 4 is 17.3 Å². The van der Waals surface area contributed by atoms with Crippen molar-refractivity contribution in [1.82, 2.24) is 0 Å². The predicted octanol–water partition coefficient (Wildman–Crippen LogP) is 1.11. The normalized spacial score (nSPS) is 11.9. The van der Waals surface area contributed by atoms with E-state index in [1.54, 1.807) is 18.9 Å². The predicted molar refractivity (Wildman–Crippen MR) is 65.0 cm³/mol. The van der Waals surface area contributed by atoms with Gasteiger partial charge >= 0.3 is 5.97 Å². The van der Waals surface area contributed by atoms with Crippen molar-refractivity contribution in [3.8, 4) is 0 Å². The molecule has 1 atom stereocenters. The molecule has 7 nitrogen and oxygen atoms in total. The van der Waals surface area contributed by atoms with Crippen LogP contribution in [0.5, 0.6) is 0 Å². The molecule has 1 aromatic carbocycles. The number of carbonyl (C=O) groups is 1. The molecule has 1 unspecified atom stereocenters. The zero-order valence-electron chi connectivity index (χ0n) is 10.0. The average Bonchev–Trinajstić information content (AvgIpc) is 2.35. The van der Waals surface area contributed by atoms with E-state index in [0.717, 1.165) is 6.07 Å². The highest BCUT2D eigenvalue weighted by molar-refractivity contribution is 5.93. The lowest BCUT2D eigenvalue weighted by Crippen LogP contribution is -2.31. The summed E-state index contributed by atoms with van der Waals surface area (Å²) in [5, 5.41) is 28.7. The molecule has 2 N–H and O–H groups in total. The van der Waals surface area contributed by atoms with Gasteiger partial charge in [0.05, 0.1) is 11.5 Å². The molecule has 0 fully saturated rings. The lowest BCUT2D eigenvalue weighted by molar-refractivity contribution is -0.385. The number of hydrogen-bond acceptors (Lipinski definition) is 5. The number of likely N-dealkylation sites (N-methyl/N-ethyl adjacent to an activating group) is 1. The van der Waals surface area contributed by atoms with E-state index in [9.17, 15) is 14.9 Å². The average molecular weight is 254 g/mol. The summed E-state index contributed by atoms with van der Waals surface area (Å²) in [5.41, 5.74) is -0.314. The van der Waals surface area contributed by atoms with Gasteiger partial charge < -0.3 is 15.1 Å². The molecular weight excluding hydrogens is 240 g/mol. The van der Waals surface area contributed by atoms with Crippen LogP contribution in [0.3, 0.4) is 0 Å². The van der Waals surface area contributed by atoms with E-state index in [0.29, 0.717) is 5.69 Å². The van der Waals surface area contributed by atoms with Crippen molar-refractivity contribution in [3.05, 3.63) is 33.9 Å². The van der Waals surface area contributed by atoms with Crippen LogP contribution in [0.4, 0.5) is 11.4 Å². The first-order chi connectivity index (χ1) is 8.38. The largest absolute Gasteiger partial charge is 0.477 e. The fourth-order valence-electron chi connectivity index (χ4n) is 1.45. The molecule has 0 saturated carbocycles. The third-order valence-electron chi connectivity index (χ3n) is 2.74. The van der Waals surface area contributed by atoms with Crippen LogP contribution in [-0.2, 0) is 0 Å². The Kier molecular flexibility index (Phi) is 4.22. The van der Waals surface area contributed by atoms with E-state index in [1.807, 2.05) is 0 Å². The standard InChI is InChI=1S/C11H14N2O5/c1-7(6-14)12(2)8-3-4-10(13(17)18)9(5-8)11(15)16/h3-5,7,14H,6H2,1-2H3,(H,15,16). The minimum atomic E-state index is -1.35. The second-order valence-electron chi connectivity index (χ2n) is 3.91. The fraction of sp³-hybridized carbons (Fsp3) is 0.364. The number of aliphatic hydroxyl groups is 1. The van der Waals surface area contributed by atoms with Crippen LogP contribution in [-0.4, -0.2) is 40.8 Å². The van der Waals surface area contributed by atoms with Gasteiger partial charge in [-0.25, -0.2) is 4.79 Å². The van der Waals surface area contributed by atoms with Gasteiger partial charge in [-0.05, 0) is 19.1 Å². The molecule has 1 rings (SSSR count). The Morgan fingerprint density at radius 2 is 2.17 bits per heavy atom. The first-order valence-corrected chi connectivity index (χ1v) is 5.24. The summed E-state index contributed by atoms with van der Waals surface area (Å²) in [5.74, 6) is -1.35. The Morgan fingerprint density at radius 1 is 1.56 bits per heavy atom. The topological polar surface area (TPSA) is 104 Å². The van der Waals surface area contributed by atoms with Crippen LogP contribution in [0.25, 0.3) is 0 Å². The maximum absolute atomic E-state index is 11.0. The van der Waals surface area contributed by atoms with Crippen LogP contribution in [0.2, 0.25) is 0 Å². The van der Waals surface area contributed by atoms with E-state index < -0.39 is 16.6 Å². The number of nitrogens with zero attached hydrogens (tertiary/aromatic N) is 2. The summed E-state index contributed by atoms with van der Waals surface area (Å²) in [4.78, 5) is 22.6. The summed E-state index contributed by atoms with van der Waals surface area (Å²) >= 11 is 0. The van der Waals surface area contributed by atoms with Crippen molar-refractivity contribution in [3.63, 3.8) is 0 Å². The van der Waals surface area contributed by atoms with Gasteiger partial charge in [0, 0.05) is 24.8 Å². The van der Waals surface area contributed by atoms with Crippen molar-refractivity contribution in [2.45, 2.75) is 13.0 Å². The highest BCUT2D eigenvalue weighted by atomic mass is 16.6. The first kappa shape index (κ1) is 13.9. The molecule has 0 heterocycles. The van der Waals surface area contributed by atoms with E-state index >= 15 is 0 Å². The summed E-state index contributed by atoms with van der Waals surface area (Å²) < 4.78 is 0. The number of carboxylic acids is 1. The molecule has 0 aliphatic heterocycles. The van der Waals surface area contributed by atoms with Crippen LogP contribution in [0, 0.1) is 10.1 Å². The molecule has 98 valence electrons. The van der Waals surface area contributed by atoms with Gasteiger partial charge in [-0.15, -0.1) is 0 Å². The summed E-state index contributed by atoms with van der Waals surface area (Å²) in [6.45, 7) is 1.65. The lowest BCUT2D eigenvalue weighted by atomic mass is 10.1. The van der Waals surface area contributed by atoms with Gasteiger partial charge in [0.25, 0.3) is 5.69 Å². The highest BCUT2D eigenvalue weighted by Crippen LogP contribution is 2.25. The van der Waals surface area contributed by atoms with E-state index in [2.05, 4.69) is 0 Å². The third kappa shape index (κ3) is 2.75. The van der Waals surface area contributed by atoms with Gasteiger partial charge in [-0.2, -0.15) is 0 Å². The molecule has 0 aliphatic rings. The number of rotatable bonds is 5. The van der Waals surface area contributed by atoms with Gasteiger partial charge in [-0.3, -0.25) is 10.1 Å². The number of hydrogen-bond donors (Lipinski definition) is 2. The van der Waals surface area contributed by atoms with E-state index in [4.69, 9.17) is 10.2 Å². The van der Waals surface area contributed by atoms with Crippen molar-refractivity contribution < 1.29 is 19.9 Å². The molecular formula is C11H14N2O5. The van der Waals surface area contributed by atoms with Crippen LogP contribution in [0.1, 0.15) is 17.3 Å². The maximum atomic E-state index is 11.0. The van der Waals surface area contributed by atoms with Gasteiger partial charge in [0.1, 0.15) is 5.56 Å². The number of aliphatic hydroxyl groups excluding tert-OH is 1. The third-order valence-corrected chi connectivity index (χ3v) is 2.74. The molecule has 1 aromatic rings. The second kappa shape index (κ2) is 5.46. The molecule has 18 heavy (non-hydrogen) atoms. The molecule has 7 heteroatoms. The van der Waals surface area contributed by atoms with Crippen molar-refractivity contribution in [2.24, 2.45) is 0 Å². The molecule has 0 aliphatic carbocycles. The highest BCUT2D eigenvalue weighted by Gasteiger charge is 2.21. The fourth-order valence-corrected chi connectivity index (χ4v) is 1.45. The molecule has 0 saturated heterocycles. The van der Waals surface area contributed by atoms with Gasteiger partial charge in [0.15, 0.2) is 0 Å². The Bertz CT molecular complexity index is 475. The molecule has 0 amide bonds. The number of carboxylic acid groups (broad SMARTS) is 1. The zero-order valence-corrected chi connectivity index (χ0v) is 10.0. The summed E-state index contributed by atoms with van der Waals surface area (Å²) in [6.07, 6.45) is 0. The summed E-state index contributed by atoms with van der Waals surface area (Å²) in [6, 6.07) is 3.62. The van der Waals surface area contributed by atoms with Crippen molar-refractivity contribution in [2.75, 3.05) is 18.6 Å². The molecule has 0 spiro atoms. The Labute approximate surface area is 103 Å². The maximum Gasteiger partial charge on any atom is 0.342 e. The smallest absolute Gasteiger partial charge is 0.342 e. The molecule has 0 aromatic heterocycles. The number of nitro benzene ring substituents is 1. The SMILES string of the molecule is CC(CO)N(C)c1ccc([N+](=O)[O-])c(C(=O)O)c1. The van der Waals surface area contributed by atoms with Gasteiger partial charge in [-0.1, -0.05) is 0 Å². The first-order valence-electron chi connectivity index (χ1n) is 5.24. The second-order valence-corrected chi connectivity index (χ2v) is 3.91. The van der Waals surface area contributed by atoms with Crippen molar-refractivity contribution in [1.29, 1.82) is 0 Å². The number of nitro groups is 1. The van der Waals surface area contributed by atoms with Gasteiger partial charge in [0.2, 0.25) is 0 Å². The van der Waals surface area contributed by atoms with Crippen LogP contribution < -0.4 is 4.90 Å². The molecule has 0 bridgehead atoms. The van der Waals surface area contributed by atoms with E-state index in [1.165, 1.54) is 12.1 Å². The van der Waals surface area contributed by atoms with Crippen LogP contribution in [0.15, 0.2) is 18.2 Å². The Morgan fingerprint density at radius 3 is 2.61 bits per heavy atom. The summed E-state index contributed by atoms with van der Waals surface area (Å²) in [7, 11) is 1.67. The Balaban J connectivity index is 3.23. The lowest BCUT2D eigenvalue weighted by Gasteiger charge is -2.25. The van der Waals surface area contributed by atoms with Crippen LogP contribution >= 0.6 is 0 Å². The monoisotopic (exact) mass is 254 g/mol. The number of aromatic carboxylic acids is 1.